The number of thiophene rings is 1. The Balaban J connectivity index is 2.30. The fraction of sp³-hybridized carbons (Fsp3) is 0.0833. The van der Waals surface area contributed by atoms with Crippen molar-refractivity contribution >= 4 is 29.1 Å². The summed E-state index contributed by atoms with van der Waals surface area (Å²) in [5.41, 5.74) is -0.307. The minimum atomic E-state index is -1.25. The summed E-state index contributed by atoms with van der Waals surface area (Å²) in [6.07, 6.45) is 0. The van der Waals surface area contributed by atoms with E-state index >= 15 is 0 Å². The van der Waals surface area contributed by atoms with Crippen LogP contribution in [0.5, 0.6) is 0 Å². The van der Waals surface area contributed by atoms with E-state index in [1.165, 1.54) is 23.1 Å². The van der Waals surface area contributed by atoms with Crippen LogP contribution in [0.2, 0.25) is 0 Å². The molecule has 0 atom stereocenters. The Kier molecular flexibility index (Phi) is 3.98. The van der Waals surface area contributed by atoms with Crippen LogP contribution >= 0.6 is 23.1 Å². The molecule has 0 unspecified atom stereocenters. The number of hydrogen-bond donors (Lipinski definition) is 1. The fourth-order valence-electron chi connectivity index (χ4n) is 1.42. The van der Waals surface area contributed by atoms with E-state index in [2.05, 4.69) is 0 Å². The number of carbonyl (C=O) groups is 1. The quantitative estimate of drug-likeness (QED) is 0.863. The van der Waals surface area contributed by atoms with Gasteiger partial charge in [0.25, 0.3) is 0 Å². The van der Waals surface area contributed by atoms with E-state index in [9.17, 15) is 13.6 Å². The van der Waals surface area contributed by atoms with Gasteiger partial charge in [0.15, 0.2) is 11.6 Å². The molecule has 0 bridgehead atoms. The van der Waals surface area contributed by atoms with Gasteiger partial charge in [0.1, 0.15) is 0 Å². The first kappa shape index (κ1) is 13.0. The number of carboxylic acid groups (broad SMARTS) is 1. The molecule has 6 heteroatoms. The van der Waals surface area contributed by atoms with Gasteiger partial charge in [-0.05, 0) is 23.6 Å². The molecule has 0 saturated heterocycles. The number of carboxylic acids is 1. The number of hydrogen-bond acceptors (Lipinski definition) is 3. The molecule has 0 amide bonds. The standard InChI is InChI=1S/C12H8F2O2S2/c13-9-4-3-7(12(15)16)8(11(9)14)6-18-10-2-1-5-17-10/h1-5H,6H2,(H,15,16). The van der Waals surface area contributed by atoms with Crippen LogP contribution in [0.1, 0.15) is 15.9 Å². The smallest absolute Gasteiger partial charge is 0.336 e. The summed E-state index contributed by atoms with van der Waals surface area (Å²) in [5, 5.41) is 10.8. The lowest BCUT2D eigenvalue weighted by atomic mass is 10.1. The maximum absolute atomic E-state index is 13.6. The van der Waals surface area contributed by atoms with Crippen LogP contribution in [0.15, 0.2) is 33.9 Å². The lowest BCUT2D eigenvalue weighted by Gasteiger charge is -2.07. The third-order valence-corrected chi connectivity index (χ3v) is 4.44. The van der Waals surface area contributed by atoms with Crippen molar-refractivity contribution in [3.05, 3.63) is 52.4 Å². The molecule has 0 aliphatic heterocycles. The molecule has 1 heterocycles. The van der Waals surface area contributed by atoms with Gasteiger partial charge in [0.2, 0.25) is 0 Å². The second-order valence-electron chi connectivity index (χ2n) is 3.41. The maximum Gasteiger partial charge on any atom is 0.336 e. The summed E-state index contributed by atoms with van der Waals surface area (Å²) >= 11 is 2.75. The van der Waals surface area contributed by atoms with Gasteiger partial charge in [-0.15, -0.1) is 23.1 Å². The summed E-state index contributed by atoms with van der Waals surface area (Å²) in [6.45, 7) is 0. The predicted molar refractivity (Wildman–Crippen MR) is 67.2 cm³/mol. The van der Waals surface area contributed by atoms with E-state index in [1.807, 2.05) is 17.5 Å². The molecular weight excluding hydrogens is 278 g/mol. The topological polar surface area (TPSA) is 37.3 Å². The zero-order chi connectivity index (χ0) is 13.1. The van der Waals surface area contributed by atoms with Crippen molar-refractivity contribution in [3.8, 4) is 0 Å². The van der Waals surface area contributed by atoms with Crippen LogP contribution in [0.4, 0.5) is 8.78 Å². The molecule has 2 rings (SSSR count). The molecule has 1 aromatic carbocycles. The van der Waals surface area contributed by atoms with Gasteiger partial charge < -0.3 is 5.11 Å². The molecule has 0 radical (unpaired) electrons. The first-order valence-corrected chi connectivity index (χ1v) is 6.82. The molecule has 94 valence electrons. The third-order valence-electron chi connectivity index (χ3n) is 2.28. The van der Waals surface area contributed by atoms with Crippen LogP contribution in [0.25, 0.3) is 0 Å². The summed E-state index contributed by atoms with van der Waals surface area (Å²) < 4.78 is 27.6. The van der Waals surface area contributed by atoms with E-state index in [0.717, 1.165) is 16.3 Å². The van der Waals surface area contributed by atoms with Gasteiger partial charge in [-0.25, -0.2) is 13.6 Å². The minimum absolute atomic E-state index is 0.0890. The van der Waals surface area contributed by atoms with Crippen molar-refractivity contribution in [2.24, 2.45) is 0 Å². The molecule has 1 N–H and O–H groups in total. The Hall–Kier alpha value is -1.40. The maximum atomic E-state index is 13.6. The van der Waals surface area contributed by atoms with E-state index < -0.39 is 17.6 Å². The zero-order valence-electron chi connectivity index (χ0n) is 9.02. The lowest BCUT2D eigenvalue weighted by molar-refractivity contribution is 0.0695. The molecule has 0 spiro atoms. The number of rotatable bonds is 4. The summed E-state index contributed by atoms with van der Waals surface area (Å²) in [6, 6.07) is 5.60. The average Bonchev–Trinajstić information content (AvgIpc) is 2.83. The molecule has 0 aliphatic carbocycles. The second kappa shape index (κ2) is 5.49. The van der Waals surface area contributed by atoms with E-state index in [-0.39, 0.29) is 16.9 Å². The first-order valence-electron chi connectivity index (χ1n) is 4.96. The Bertz CT molecular complexity index is 568. The Morgan fingerprint density at radius 1 is 1.33 bits per heavy atom. The van der Waals surface area contributed by atoms with Gasteiger partial charge in [0, 0.05) is 11.3 Å². The van der Waals surface area contributed by atoms with Crippen LogP contribution in [-0.4, -0.2) is 11.1 Å². The average molecular weight is 286 g/mol. The van der Waals surface area contributed by atoms with Crippen molar-refractivity contribution in [2.45, 2.75) is 9.96 Å². The molecule has 1 aromatic heterocycles. The van der Waals surface area contributed by atoms with Gasteiger partial charge >= 0.3 is 5.97 Å². The highest BCUT2D eigenvalue weighted by atomic mass is 32.2. The van der Waals surface area contributed by atoms with Crippen LogP contribution < -0.4 is 0 Å². The fourth-order valence-corrected chi connectivity index (χ4v) is 3.23. The van der Waals surface area contributed by atoms with Crippen molar-refractivity contribution < 1.29 is 18.7 Å². The third kappa shape index (κ3) is 2.70. The predicted octanol–water partition coefficient (Wildman–Crippen LogP) is 4.02. The zero-order valence-corrected chi connectivity index (χ0v) is 10.7. The van der Waals surface area contributed by atoms with Crippen LogP contribution in [-0.2, 0) is 5.75 Å². The Morgan fingerprint density at radius 2 is 2.11 bits per heavy atom. The van der Waals surface area contributed by atoms with Crippen molar-refractivity contribution in [3.63, 3.8) is 0 Å². The van der Waals surface area contributed by atoms with E-state index in [1.54, 1.807) is 0 Å². The summed E-state index contributed by atoms with van der Waals surface area (Å²) in [4.78, 5) is 11.0. The highest BCUT2D eigenvalue weighted by Gasteiger charge is 2.18. The Morgan fingerprint density at radius 3 is 2.72 bits per heavy atom. The number of aromatic carboxylic acids is 1. The van der Waals surface area contributed by atoms with Crippen molar-refractivity contribution in [1.82, 2.24) is 0 Å². The van der Waals surface area contributed by atoms with Crippen molar-refractivity contribution in [1.29, 1.82) is 0 Å². The van der Waals surface area contributed by atoms with Gasteiger partial charge in [-0.2, -0.15) is 0 Å². The van der Waals surface area contributed by atoms with Gasteiger partial charge in [-0.3, -0.25) is 0 Å². The van der Waals surface area contributed by atoms with Gasteiger partial charge in [0.05, 0.1) is 9.77 Å². The number of benzene rings is 1. The molecule has 0 saturated carbocycles. The summed E-state index contributed by atoms with van der Waals surface area (Å²) in [7, 11) is 0. The lowest BCUT2D eigenvalue weighted by Crippen LogP contribution is -2.05. The molecule has 0 fully saturated rings. The largest absolute Gasteiger partial charge is 0.478 e. The minimum Gasteiger partial charge on any atom is -0.478 e. The van der Waals surface area contributed by atoms with Gasteiger partial charge in [-0.1, -0.05) is 6.07 Å². The molecule has 2 nitrogen and oxygen atoms in total. The monoisotopic (exact) mass is 286 g/mol. The van der Waals surface area contributed by atoms with Crippen LogP contribution in [0.3, 0.4) is 0 Å². The highest BCUT2D eigenvalue weighted by Crippen LogP contribution is 2.30. The van der Waals surface area contributed by atoms with E-state index in [0.29, 0.717) is 0 Å². The molecule has 2 aromatic rings. The van der Waals surface area contributed by atoms with E-state index in [4.69, 9.17) is 5.11 Å². The molecular formula is C12H8F2O2S2. The highest BCUT2D eigenvalue weighted by molar-refractivity contribution is 8.00. The summed E-state index contributed by atoms with van der Waals surface area (Å²) in [5.74, 6) is -3.28. The normalized spacial score (nSPS) is 10.6. The SMILES string of the molecule is O=C(O)c1ccc(F)c(F)c1CSc1cccs1. The first-order chi connectivity index (χ1) is 8.59. The molecule has 0 aliphatic rings. The number of halogens is 2. The van der Waals surface area contributed by atoms with Crippen molar-refractivity contribution in [2.75, 3.05) is 0 Å². The number of thioether (sulfide) groups is 1. The Labute approximate surface area is 110 Å². The second-order valence-corrected chi connectivity index (χ2v) is 5.64. The molecule has 18 heavy (non-hydrogen) atoms. The van der Waals surface area contributed by atoms with Crippen LogP contribution in [0, 0.1) is 11.6 Å².